The van der Waals surface area contributed by atoms with Gasteiger partial charge in [0, 0.05) is 55.8 Å². The Morgan fingerprint density at radius 2 is 1.68 bits per heavy atom. The number of carbonyl (C=O) groups is 1. The average molecular weight is 508 g/mol. The van der Waals surface area contributed by atoms with E-state index >= 15 is 0 Å². The Kier molecular flexibility index (Phi) is 7.69. The van der Waals surface area contributed by atoms with Crippen LogP contribution in [0.3, 0.4) is 0 Å². The van der Waals surface area contributed by atoms with Crippen molar-refractivity contribution in [3.63, 3.8) is 0 Å². The number of hydrogen-bond donors (Lipinski definition) is 3. The summed E-state index contributed by atoms with van der Waals surface area (Å²) in [7, 11) is 3.84. The van der Waals surface area contributed by atoms with Gasteiger partial charge in [-0.3, -0.25) is 4.79 Å². The number of carbonyl (C=O) groups excluding carboxylic acids is 1. The van der Waals surface area contributed by atoms with Crippen molar-refractivity contribution in [3.05, 3.63) is 107 Å². The molecule has 1 amide bonds. The van der Waals surface area contributed by atoms with E-state index in [1.807, 2.05) is 55.4 Å². The lowest BCUT2D eigenvalue weighted by atomic mass is 9.96. The number of β-amino-alcohol motifs (C(OH)–C–C–N with tert-alkyl or cyclic N) is 1. The van der Waals surface area contributed by atoms with Crippen molar-refractivity contribution in [2.24, 2.45) is 0 Å². The van der Waals surface area contributed by atoms with E-state index in [-0.39, 0.29) is 5.91 Å². The van der Waals surface area contributed by atoms with E-state index in [1.54, 1.807) is 18.2 Å². The summed E-state index contributed by atoms with van der Waals surface area (Å²) in [5.74, 6) is -0.362. The predicted molar refractivity (Wildman–Crippen MR) is 142 cm³/mol. The summed E-state index contributed by atoms with van der Waals surface area (Å²) in [6.07, 6.45) is 0.127. The fourth-order valence-corrected chi connectivity index (χ4v) is 4.17. The van der Waals surface area contributed by atoms with E-state index in [9.17, 15) is 23.1 Å². The van der Waals surface area contributed by atoms with Crippen LogP contribution in [0.1, 0.15) is 22.3 Å². The maximum absolute atomic E-state index is 13.1. The van der Waals surface area contributed by atoms with Crippen LogP contribution in [0.25, 0.3) is 5.57 Å². The Morgan fingerprint density at radius 1 is 1.03 bits per heavy atom. The van der Waals surface area contributed by atoms with Crippen molar-refractivity contribution < 1.29 is 23.1 Å². The first-order chi connectivity index (χ1) is 17.6. The highest BCUT2D eigenvalue weighted by Crippen LogP contribution is 2.32. The van der Waals surface area contributed by atoms with Gasteiger partial charge >= 0.3 is 6.18 Å². The minimum Gasteiger partial charge on any atom is -0.391 e. The molecule has 1 unspecified atom stereocenters. The van der Waals surface area contributed by atoms with Crippen LogP contribution in [-0.4, -0.2) is 37.8 Å². The normalized spacial score (nSPS) is 15.7. The van der Waals surface area contributed by atoms with Crippen molar-refractivity contribution in [2.75, 3.05) is 36.2 Å². The minimum atomic E-state index is -4.42. The smallest absolute Gasteiger partial charge is 0.391 e. The number of anilines is 3. The van der Waals surface area contributed by atoms with Gasteiger partial charge in [0.15, 0.2) is 0 Å². The second-order valence-electron chi connectivity index (χ2n) is 9.02. The van der Waals surface area contributed by atoms with Gasteiger partial charge in [-0.2, -0.15) is 13.2 Å². The lowest BCUT2D eigenvalue weighted by molar-refractivity contribution is -0.137. The van der Waals surface area contributed by atoms with Crippen molar-refractivity contribution in [2.45, 2.75) is 18.7 Å². The molecule has 4 rings (SSSR count). The van der Waals surface area contributed by atoms with Crippen molar-refractivity contribution >= 4 is 28.5 Å². The fourth-order valence-electron chi connectivity index (χ4n) is 4.17. The van der Waals surface area contributed by atoms with Crippen molar-refractivity contribution in [1.82, 2.24) is 0 Å². The molecule has 0 aromatic heterocycles. The van der Waals surface area contributed by atoms with E-state index in [4.69, 9.17) is 0 Å². The molecule has 3 aromatic carbocycles. The molecule has 0 spiro atoms. The molecule has 0 aliphatic carbocycles. The molecule has 0 saturated carbocycles. The molecule has 192 valence electrons. The number of allylic oxidation sites excluding steroid dienone is 2. The molecule has 0 saturated heterocycles. The summed E-state index contributed by atoms with van der Waals surface area (Å²) in [4.78, 5) is 14.6. The van der Waals surface area contributed by atoms with E-state index < -0.39 is 17.8 Å². The summed E-state index contributed by atoms with van der Waals surface area (Å²) >= 11 is 0. The van der Waals surface area contributed by atoms with Crippen LogP contribution in [0.15, 0.2) is 85.0 Å². The zero-order chi connectivity index (χ0) is 26.6. The number of hydrogen-bond acceptors (Lipinski definition) is 4. The molecule has 3 aromatic rings. The summed E-state index contributed by atoms with van der Waals surface area (Å²) in [6.45, 7) is 0.456. The molecule has 1 aliphatic heterocycles. The molecule has 0 fully saturated rings. The molecular formula is C29H28F3N3O2. The minimum absolute atomic E-state index is 0.362. The van der Waals surface area contributed by atoms with Gasteiger partial charge in [0.2, 0.25) is 5.91 Å². The Bertz CT molecular complexity index is 1310. The predicted octanol–water partition coefficient (Wildman–Crippen LogP) is 5.73. The van der Waals surface area contributed by atoms with Crippen LogP contribution < -0.4 is 15.5 Å². The number of alkyl halides is 3. The zero-order valence-corrected chi connectivity index (χ0v) is 20.5. The number of rotatable bonds is 6. The number of aliphatic hydroxyl groups excluding tert-OH is 1. The number of nitrogens with zero attached hydrogens (tertiary/aromatic N) is 1. The SMILES string of the molecule is CN(C)c1ccc(/C(=C/C=C/C(=O)Nc2cccc3c2CC(O)CN3)c2ccc(C(F)(F)F)cc2)cc1. The van der Waals surface area contributed by atoms with Crippen LogP contribution in [0.5, 0.6) is 0 Å². The lowest BCUT2D eigenvalue weighted by Gasteiger charge is -2.24. The average Bonchev–Trinajstić information content (AvgIpc) is 2.87. The second-order valence-corrected chi connectivity index (χ2v) is 9.02. The van der Waals surface area contributed by atoms with Crippen molar-refractivity contribution in [1.29, 1.82) is 0 Å². The van der Waals surface area contributed by atoms with Crippen LogP contribution in [0.2, 0.25) is 0 Å². The van der Waals surface area contributed by atoms with Gasteiger partial charge < -0.3 is 20.6 Å². The number of benzene rings is 3. The summed E-state index contributed by atoms with van der Waals surface area (Å²) < 4.78 is 39.2. The molecular weight excluding hydrogens is 479 g/mol. The Hall–Kier alpha value is -4.04. The number of aliphatic hydroxyl groups is 1. The topological polar surface area (TPSA) is 64.6 Å². The Balaban J connectivity index is 1.60. The standard InChI is InChI=1S/C29H28F3N3O2/c1-35(2)22-15-11-20(12-16-22)24(19-9-13-21(14-10-19)29(30,31)32)5-3-8-28(37)34-27-7-4-6-26-25(27)17-23(36)18-33-26/h3-16,23,33,36H,17-18H2,1-2H3,(H,34,37)/b8-3+,24-5+. The van der Waals surface area contributed by atoms with E-state index in [1.165, 1.54) is 18.2 Å². The molecule has 3 N–H and O–H groups in total. The largest absolute Gasteiger partial charge is 0.416 e. The van der Waals surface area contributed by atoms with Gasteiger partial charge in [-0.1, -0.05) is 42.5 Å². The van der Waals surface area contributed by atoms with Gasteiger partial charge in [-0.25, -0.2) is 0 Å². The van der Waals surface area contributed by atoms with Gasteiger partial charge in [-0.05, 0) is 53.1 Å². The van der Waals surface area contributed by atoms with Crippen LogP contribution >= 0.6 is 0 Å². The fraction of sp³-hybridized carbons (Fsp3) is 0.207. The number of amides is 1. The van der Waals surface area contributed by atoms with E-state index in [0.717, 1.165) is 34.6 Å². The molecule has 1 atom stereocenters. The third kappa shape index (κ3) is 6.40. The summed E-state index contributed by atoms with van der Waals surface area (Å²) in [6, 6.07) is 18.1. The van der Waals surface area contributed by atoms with Gasteiger partial charge in [-0.15, -0.1) is 0 Å². The molecule has 0 radical (unpaired) electrons. The highest BCUT2D eigenvalue weighted by Gasteiger charge is 2.30. The maximum atomic E-state index is 13.1. The molecule has 37 heavy (non-hydrogen) atoms. The number of nitrogens with one attached hydrogen (secondary N) is 2. The van der Waals surface area contributed by atoms with Crippen LogP contribution in [-0.2, 0) is 17.4 Å². The monoisotopic (exact) mass is 507 g/mol. The van der Waals surface area contributed by atoms with Crippen molar-refractivity contribution in [3.8, 4) is 0 Å². The third-order valence-electron chi connectivity index (χ3n) is 6.13. The zero-order valence-electron chi connectivity index (χ0n) is 20.5. The molecule has 1 aliphatic rings. The molecule has 0 bridgehead atoms. The highest BCUT2D eigenvalue weighted by atomic mass is 19.4. The van der Waals surface area contributed by atoms with Crippen LogP contribution in [0.4, 0.5) is 30.2 Å². The number of halogens is 3. The summed E-state index contributed by atoms with van der Waals surface area (Å²) in [5, 5.41) is 16.0. The van der Waals surface area contributed by atoms with Gasteiger partial charge in [0.25, 0.3) is 0 Å². The first kappa shape index (κ1) is 26.0. The first-order valence-corrected chi connectivity index (χ1v) is 11.8. The van der Waals surface area contributed by atoms with Crippen LogP contribution in [0, 0.1) is 0 Å². The number of fused-ring (bicyclic) bond motifs is 1. The maximum Gasteiger partial charge on any atom is 0.416 e. The Labute approximate surface area is 213 Å². The first-order valence-electron chi connectivity index (χ1n) is 11.8. The molecule has 1 heterocycles. The van der Waals surface area contributed by atoms with E-state index in [2.05, 4.69) is 10.6 Å². The van der Waals surface area contributed by atoms with Gasteiger partial charge in [0.1, 0.15) is 0 Å². The highest BCUT2D eigenvalue weighted by molar-refractivity contribution is 6.00. The lowest BCUT2D eigenvalue weighted by Crippen LogP contribution is -2.28. The van der Waals surface area contributed by atoms with Gasteiger partial charge in [0.05, 0.1) is 11.7 Å². The Morgan fingerprint density at radius 3 is 2.30 bits per heavy atom. The van der Waals surface area contributed by atoms with E-state index in [0.29, 0.717) is 29.8 Å². The molecule has 8 heteroatoms. The second kappa shape index (κ2) is 10.9. The quantitative estimate of drug-likeness (QED) is 0.295. The summed E-state index contributed by atoms with van der Waals surface area (Å²) in [5.41, 5.74) is 4.65. The molecule has 5 nitrogen and oxygen atoms in total. The third-order valence-corrected chi connectivity index (χ3v) is 6.13.